The van der Waals surface area contributed by atoms with E-state index in [0.717, 1.165) is 5.56 Å². The zero-order valence-electron chi connectivity index (χ0n) is 13.9. The van der Waals surface area contributed by atoms with Crippen LogP contribution >= 0.6 is 11.8 Å². The molecule has 1 saturated heterocycles. The fourth-order valence-corrected chi connectivity index (χ4v) is 5.11. The largest absolute Gasteiger partial charge is 0.351 e. The normalized spacial score (nSPS) is 20.3. The molecule has 1 amide bonds. The fourth-order valence-electron chi connectivity index (χ4n) is 2.61. The summed E-state index contributed by atoms with van der Waals surface area (Å²) >= 11 is 1.29. The van der Waals surface area contributed by atoms with E-state index in [2.05, 4.69) is 20.5 Å². The Labute approximate surface area is 150 Å². The number of rotatable bonds is 5. The first kappa shape index (κ1) is 17.9. The summed E-state index contributed by atoms with van der Waals surface area (Å²) in [5.74, 6) is 0.657. The van der Waals surface area contributed by atoms with Gasteiger partial charge in [0.2, 0.25) is 5.91 Å². The Bertz CT molecular complexity index is 867. The molecule has 0 saturated carbocycles. The molecule has 3 rings (SSSR count). The Morgan fingerprint density at radius 2 is 2.08 bits per heavy atom. The predicted octanol–water partition coefficient (Wildman–Crippen LogP) is 0.661. The van der Waals surface area contributed by atoms with Crippen LogP contribution in [0.4, 0.5) is 0 Å². The minimum atomic E-state index is -3.01. The lowest BCUT2D eigenvalue weighted by atomic mass is 10.2. The zero-order valence-corrected chi connectivity index (χ0v) is 15.5. The van der Waals surface area contributed by atoms with Gasteiger partial charge in [0.15, 0.2) is 20.8 Å². The van der Waals surface area contributed by atoms with Crippen molar-refractivity contribution < 1.29 is 13.2 Å². The molecule has 10 heteroatoms. The number of amides is 1. The van der Waals surface area contributed by atoms with Crippen molar-refractivity contribution in [3.8, 4) is 11.4 Å². The van der Waals surface area contributed by atoms with E-state index in [1.807, 2.05) is 23.7 Å². The fraction of sp³-hybridized carbons (Fsp3) is 0.467. The molecule has 0 bridgehead atoms. The van der Waals surface area contributed by atoms with Gasteiger partial charge in [0.05, 0.1) is 16.8 Å². The molecule has 25 heavy (non-hydrogen) atoms. The van der Waals surface area contributed by atoms with Gasteiger partial charge in [-0.15, -0.1) is 10.2 Å². The van der Waals surface area contributed by atoms with Gasteiger partial charge in [-0.3, -0.25) is 9.78 Å². The molecule has 3 heterocycles. The lowest BCUT2D eigenvalue weighted by Gasteiger charge is -2.15. The Balaban J connectivity index is 1.64. The number of carbonyl (C=O) groups is 1. The third-order valence-electron chi connectivity index (χ3n) is 4.00. The van der Waals surface area contributed by atoms with Crippen LogP contribution in [0.25, 0.3) is 11.4 Å². The van der Waals surface area contributed by atoms with Crippen LogP contribution in [-0.4, -0.2) is 56.9 Å². The number of sulfone groups is 1. The summed E-state index contributed by atoms with van der Waals surface area (Å²) in [4.78, 5) is 16.3. The van der Waals surface area contributed by atoms with Crippen molar-refractivity contribution in [2.75, 3.05) is 11.5 Å². The highest BCUT2D eigenvalue weighted by Crippen LogP contribution is 2.25. The highest BCUT2D eigenvalue weighted by Gasteiger charge is 2.30. The number of pyridine rings is 1. The molecule has 0 unspecified atom stereocenters. The molecule has 1 aliphatic rings. The van der Waals surface area contributed by atoms with Crippen molar-refractivity contribution in [1.82, 2.24) is 25.1 Å². The first-order valence-electron chi connectivity index (χ1n) is 7.83. The maximum absolute atomic E-state index is 12.3. The van der Waals surface area contributed by atoms with E-state index in [0.29, 0.717) is 17.4 Å². The van der Waals surface area contributed by atoms with E-state index in [4.69, 9.17) is 0 Å². The summed E-state index contributed by atoms with van der Waals surface area (Å²) in [6, 6.07) is 3.39. The Kier molecular flexibility index (Phi) is 5.09. The second-order valence-electron chi connectivity index (χ2n) is 5.97. The van der Waals surface area contributed by atoms with Crippen molar-refractivity contribution in [3.05, 3.63) is 24.5 Å². The van der Waals surface area contributed by atoms with Crippen LogP contribution in [0.2, 0.25) is 0 Å². The Morgan fingerprint density at radius 1 is 1.36 bits per heavy atom. The molecule has 0 aromatic carbocycles. The average Bonchev–Trinajstić information content (AvgIpc) is 3.11. The summed E-state index contributed by atoms with van der Waals surface area (Å²) in [5, 5.41) is 11.3. The Morgan fingerprint density at radius 3 is 2.72 bits per heavy atom. The second-order valence-corrected chi connectivity index (χ2v) is 9.51. The standard InChI is InChI=1S/C15H19N5O3S2/c1-10(14(21)17-12-5-8-25(22,23)9-12)24-15-19-18-13(20(15)2)11-3-6-16-7-4-11/h3-4,6-7,10,12H,5,8-9H2,1-2H3,(H,17,21)/t10-,12+/m0/s1. The summed E-state index contributed by atoms with van der Waals surface area (Å²) in [7, 11) is -1.17. The first-order chi connectivity index (χ1) is 11.9. The third-order valence-corrected chi connectivity index (χ3v) is 6.91. The molecule has 0 radical (unpaired) electrons. The molecule has 8 nitrogen and oxygen atoms in total. The van der Waals surface area contributed by atoms with E-state index >= 15 is 0 Å². The van der Waals surface area contributed by atoms with Crippen molar-refractivity contribution in [2.45, 2.75) is 29.8 Å². The van der Waals surface area contributed by atoms with E-state index < -0.39 is 15.1 Å². The molecule has 1 fully saturated rings. The van der Waals surface area contributed by atoms with E-state index in [9.17, 15) is 13.2 Å². The van der Waals surface area contributed by atoms with Crippen LogP contribution in [0.3, 0.4) is 0 Å². The number of aromatic nitrogens is 4. The van der Waals surface area contributed by atoms with Crippen LogP contribution in [-0.2, 0) is 21.7 Å². The molecule has 2 aromatic heterocycles. The van der Waals surface area contributed by atoms with E-state index in [-0.39, 0.29) is 23.5 Å². The minimum absolute atomic E-state index is 0.0201. The van der Waals surface area contributed by atoms with Gasteiger partial charge in [-0.2, -0.15) is 0 Å². The SMILES string of the molecule is C[C@H](Sc1nnc(-c2ccncc2)n1C)C(=O)N[C@@H]1CCS(=O)(=O)C1. The molecular weight excluding hydrogens is 362 g/mol. The quantitative estimate of drug-likeness (QED) is 0.758. The summed E-state index contributed by atoms with van der Waals surface area (Å²) < 4.78 is 24.8. The predicted molar refractivity (Wildman–Crippen MR) is 94.8 cm³/mol. The lowest BCUT2D eigenvalue weighted by molar-refractivity contribution is -0.120. The first-order valence-corrected chi connectivity index (χ1v) is 10.5. The second kappa shape index (κ2) is 7.12. The van der Waals surface area contributed by atoms with E-state index in [1.165, 1.54) is 11.8 Å². The molecule has 2 atom stereocenters. The van der Waals surface area contributed by atoms with Crippen LogP contribution in [0, 0.1) is 0 Å². The van der Waals surface area contributed by atoms with Gasteiger partial charge in [-0.25, -0.2) is 8.42 Å². The summed E-state index contributed by atoms with van der Waals surface area (Å²) in [5.41, 5.74) is 0.894. The van der Waals surface area contributed by atoms with Gasteiger partial charge in [-0.05, 0) is 25.5 Å². The molecule has 1 aliphatic heterocycles. The highest BCUT2D eigenvalue weighted by molar-refractivity contribution is 8.00. The van der Waals surface area contributed by atoms with Gasteiger partial charge in [0.1, 0.15) is 0 Å². The number of hydrogen-bond acceptors (Lipinski definition) is 7. The van der Waals surface area contributed by atoms with Crippen molar-refractivity contribution >= 4 is 27.5 Å². The van der Waals surface area contributed by atoms with E-state index in [1.54, 1.807) is 19.3 Å². The van der Waals surface area contributed by atoms with Gasteiger partial charge >= 0.3 is 0 Å². The van der Waals surface area contributed by atoms with Gasteiger partial charge in [0, 0.05) is 31.0 Å². The van der Waals surface area contributed by atoms with Gasteiger partial charge in [0.25, 0.3) is 0 Å². The molecule has 134 valence electrons. The highest BCUT2D eigenvalue weighted by atomic mass is 32.2. The van der Waals surface area contributed by atoms with Crippen LogP contribution < -0.4 is 5.32 Å². The number of nitrogens with one attached hydrogen (secondary N) is 1. The topological polar surface area (TPSA) is 107 Å². The van der Waals surface area contributed by atoms with Gasteiger partial charge in [-0.1, -0.05) is 11.8 Å². The third kappa shape index (κ3) is 4.18. The molecular formula is C15H19N5O3S2. The van der Waals surface area contributed by atoms with Crippen molar-refractivity contribution in [2.24, 2.45) is 7.05 Å². The Hall–Kier alpha value is -1.94. The van der Waals surface area contributed by atoms with Crippen molar-refractivity contribution in [1.29, 1.82) is 0 Å². The van der Waals surface area contributed by atoms with Crippen LogP contribution in [0.1, 0.15) is 13.3 Å². The minimum Gasteiger partial charge on any atom is -0.351 e. The molecule has 2 aromatic rings. The number of hydrogen-bond donors (Lipinski definition) is 1. The lowest BCUT2D eigenvalue weighted by Crippen LogP contribution is -2.40. The molecule has 0 aliphatic carbocycles. The number of nitrogens with zero attached hydrogens (tertiary/aromatic N) is 4. The summed E-state index contributed by atoms with van der Waals surface area (Å²) in [6.07, 6.45) is 3.84. The monoisotopic (exact) mass is 381 g/mol. The summed E-state index contributed by atoms with van der Waals surface area (Å²) in [6.45, 7) is 1.77. The number of carbonyl (C=O) groups excluding carboxylic acids is 1. The average molecular weight is 381 g/mol. The number of thioether (sulfide) groups is 1. The molecule has 0 spiro atoms. The smallest absolute Gasteiger partial charge is 0.233 e. The maximum atomic E-state index is 12.3. The molecule has 1 N–H and O–H groups in total. The maximum Gasteiger partial charge on any atom is 0.233 e. The van der Waals surface area contributed by atoms with Gasteiger partial charge < -0.3 is 9.88 Å². The van der Waals surface area contributed by atoms with Crippen molar-refractivity contribution in [3.63, 3.8) is 0 Å². The van der Waals surface area contributed by atoms with Crippen LogP contribution in [0.15, 0.2) is 29.7 Å². The van der Waals surface area contributed by atoms with Crippen LogP contribution in [0.5, 0.6) is 0 Å². The zero-order chi connectivity index (χ0) is 18.0.